The van der Waals surface area contributed by atoms with Gasteiger partial charge in [0.1, 0.15) is 11.6 Å². The van der Waals surface area contributed by atoms with Crippen LogP contribution in [-0.2, 0) is 6.42 Å². The molecule has 0 atom stereocenters. The molecule has 5 heteroatoms. The van der Waals surface area contributed by atoms with E-state index in [4.69, 9.17) is 5.73 Å². The van der Waals surface area contributed by atoms with Gasteiger partial charge in [0, 0.05) is 30.1 Å². The van der Waals surface area contributed by atoms with Crippen LogP contribution in [0.4, 0.5) is 14.5 Å². The van der Waals surface area contributed by atoms with Crippen molar-refractivity contribution in [3.8, 4) is 0 Å². The monoisotopic (exact) mass is 248 g/mol. The number of nitrogen functional groups attached to an aromatic ring is 1. The smallest absolute Gasteiger partial charge is 0.170 e. The Bertz CT molecular complexity index is 599. The second kappa shape index (κ2) is 4.91. The second-order valence-electron chi connectivity index (χ2n) is 3.80. The Balaban J connectivity index is 2.28. The van der Waals surface area contributed by atoms with Crippen molar-refractivity contribution in [1.82, 2.24) is 4.98 Å². The Morgan fingerprint density at radius 1 is 1.28 bits per heavy atom. The molecule has 0 saturated carbocycles. The number of nitrogens with two attached hydrogens (primary N) is 1. The van der Waals surface area contributed by atoms with Crippen LogP contribution in [0.25, 0.3) is 0 Å². The Morgan fingerprint density at radius 3 is 2.78 bits per heavy atom. The summed E-state index contributed by atoms with van der Waals surface area (Å²) < 4.78 is 26.4. The molecule has 18 heavy (non-hydrogen) atoms. The quantitative estimate of drug-likeness (QED) is 0.848. The number of nitrogens with zero attached hydrogens (tertiary/aromatic N) is 1. The van der Waals surface area contributed by atoms with Gasteiger partial charge in [-0.1, -0.05) is 0 Å². The number of carbonyl (C=O) groups is 1. The number of Topliss-reactive ketones (excluding diaryl/α,β-unsaturated/α-hetero) is 1. The summed E-state index contributed by atoms with van der Waals surface area (Å²) in [6.45, 7) is 0. The van der Waals surface area contributed by atoms with E-state index in [0.717, 1.165) is 18.2 Å². The molecule has 1 heterocycles. The van der Waals surface area contributed by atoms with Gasteiger partial charge in [0.2, 0.25) is 0 Å². The Kier molecular flexibility index (Phi) is 3.32. The van der Waals surface area contributed by atoms with Gasteiger partial charge in [-0.3, -0.25) is 9.78 Å². The van der Waals surface area contributed by atoms with Crippen LogP contribution in [0, 0.1) is 11.6 Å². The fraction of sp³-hybridized carbons (Fsp3) is 0.0769. The van der Waals surface area contributed by atoms with Crippen molar-refractivity contribution in [1.29, 1.82) is 0 Å². The van der Waals surface area contributed by atoms with E-state index in [0.29, 0.717) is 11.3 Å². The van der Waals surface area contributed by atoms with E-state index in [1.165, 1.54) is 12.4 Å². The van der Waals surface area contributed by atoms with Crippen molar-refractivity contribution < 1.29 is 13.6 Å². The maximum atomic E-state index is 13.4. The van der Waals surface area contributed by atoms with Crippen molar-refractivity contribution in [3.05, 3.63) is 59.4 Å². The summed E-state index contributed by atoms with van der Waals surface area (Å²) in [5.74, 6) is -1.94. The summed E-state index contributed by atoms with van der Waals surface area (Å²) in [4.78, 5) is 15.7. The van der Waals surface area contributed by atoms with Crippen LogP contribution < -0.4 is 5.73 Å². The minimum absolute atomic E-state index is 0.111. The highest BCUT2D eigenvalue weighted by atomic mass is 19.1. The van der Waals surface area contributed by atoms with Crippen molar-refractivity contribution >= 4 is 11.5 Å². The SMILES string of the molecule is Nc1ccncc1CC(=O)c1cc(F)ccc1F. The first-order valence-electron chi connectivity index (χ1n) is 5.24. The number of pyridine rings is 1. The number of carbonyl (C=O) groups excluding carboxylic acids is 1. The molecule has 2 N–H and O–H groups in total. The van der Waals surface area contributed by atoms with Crippen LogP contribution in [0.2, 0.25) is 0 Å². The maximum absolute atomic E-state index is 13.4. The second-order valence-corrected chi connectivity index (χ2v) is 3.80. The maximum Gasteiger partial charge on any atom is 0.170 e. The van der Waals surface area contributed by atoms with Gasteiger partial charge in [0.15, 0.2) is 5.78 Å². The lowest BCUT2D eigenvalue weighted by molar-refractivity contribution is 0.0988. The minimum Gasteiger partial charge on any atom is -0.398 e. The van der Waals surface area contributed by atoms with E-state index in [9.17, 15) is 13.6 Å². The molecule has 0 saturated heterocycles. The zero-order valence-electron chi connectivity index (χ0n) is 9.36. The molecule has 2 rings (SSSR count). The summed E-state index contributed by atoms with van der Waals surface area (Å²) in [7, 11) is 0. The van der Waals surface area contributed by atoms with E-state index in [1.807, 2.05) is 0 Å². The number of hydrogen-bond donors (Lipinski definition) is 1. The first-order valence-corrected chi connectivity index (χ1v) is 5.24. The van der Waals surface area contributed by atoms with E-state index >= 15 is 0 Å². The van der Waals surface area contributed by atoms with E-state index in [2.05, 4.69) is 4.98 Å². The van der Waals surface area contributed by atoms with Crippen molar-refractivity contribution in [2.45, 2.75) is 6.42 Å². The molecule has 0 spiro atoms. The minimum atomic E-state index is -0.746. The zero-order valence-corrected chi connectivity index (χ0v) is 9.36. The lowest BCUT2D eigenvalue weighted by Gasteiger charge is -2.05. The van der Waals surface area contributed by atoms with Gasteiger partial charge < -0.3 is 5.73 Å². The van der Waals surface area contributed by atoms with Gasteiger partial charge in [-0.25, -0.2) is 8.78 Å². The average molecular weight is 248 g/mol. The van der Waals surface area contributed by atoms with Gasteiger partial charge in [0.25, 0.3) is 0 Å². The van der Waals surface area contributed by atoms with Crippen molar-refractivity contribution in [2.24, 2.45) is 0 Å². The summed E-state index contributed by atoms with van der Waals surface area (Å²) in [6.07, 6.45) is 2.82. The van der Waals surface area contributed by atoms with Crippen LogP contribution in [0.1, 0.15) is 15.9 Å². The van der Waals surface area contributed by atoms with Crippen LogP contribution >= 0.6 is 0 Å². The van der Waals surface area contributed by atoms with E-state index in [-0.39, 0.29) is 12.0 Å². The fourth-order valence-corrected chi connectivity index (χ4v) is 1.57. The first-order chi connectivity index (χ1) is 8.58. The molecule has 0 unspecified atom stereocenters. The molecule has 92 valence electrons. The predicted octanol–water partition coefficient (Wildman–Crippen LogP) is 2.37. The lowest BCUT2D eigenvalue weighted by Crippen LogP contribution is -2.08. The topological polar surface area (TPSA) is 56.0 Å². The molecule has 0 aliphatic heterocycles. The molecule has 0 aliphatic rings. The normalized spacial score (nSPS) is 10.3. The Hall–Kier alpha value is -2.30. The third-order valence-corrected chi connectivity index (χ3v) is 2.52. The molecule has 1 aromatic heterocycles. The highest BCUT2D eigenvalue weighted by Crippen LogP contribution is 2.16. The van der Waals surface area contributed by atoms with Crippen molar-refractivity contribution in [2.75, 3.05) is 5.73 Å². The average Bonchev–Trinajstić information content (AvgIpc) is 2.35. The van der Waals surface area contributed by atoms with E-state index in [1.54, 1.807) is 6.07 Å². The predicted molar refractivity (Wildman–Crippen MR) is 63.0 cm³/mol. The van der Waals surface area contributed by atoms with Gasteiger partial charge >= 0.3 is 0 Å². The zero-order chi connectivity index (χ0) is 13.1. The van der Waals surface area contributed by atoms with Gasteiger partial charge in [-0.05, 0) is 24.3 Å². The number of anilines is 1. The largest absolute Gasteiger partial charge is 0.398 e. The molecular formula is C13H10F2N2O. The molecule has 2 aromatic rings. The van der Waals surface area contributed by atoms with Crippen LogP contribution in [0.5, 0.6) is 0 Å². The summed E-state index contributed by atoms with van der Waals surface area (Å²) in [6, 6.07) is 4.31. The third kappa shape index (κ3) is 2.51. The molecule has 0 bridgehead atoms. The summed E-state index contributed by atoms with van der Waals surface area (Å²) in [5, 5.41) is 0. The highest BCUT2D eigenvalue weighted by Gasteiger charge is 2.14. The van der Waals surface area contributed by atoms with Gasteiger partial charge in [-0.15, -0.1) is 0 Å². The molecular weight excluding hydrogens is 238 g/mol. The van der Waals surface area contributed by atoms with Crippen molar-refractivity contribution in [3.63, 3.8) is 0 Å². The molecule has 3 nitrogen and oxygen atoms in total. The number of ketones is 1. The fourth-order valence-electron chi connectivity index (χ4n) is 1.57. The number of benzene rings is 1. The molecule has 0 fully saturated rings. The lowest BCUT2D eigenvalue weighted by atomic mass is 10.0. The van der Waals surface area contributed by atoms with Crippen LogP contribution in [0.15, 0.2) is 36.7 Å². The molecule has 0 aliphatic carbocycles. The molecule has 0 radical (unpaired) electrons. The van der Waals surface area contributed by atoms with Crippen LogP contribution in [0.3, 0.4) is 0 Å². The highest BCUT2D eigenvalue weighted by molar-refractivity contribution is 5.98. The Labute approximate surface area is 102 Å². The first kappa shape index (κ1) is 12.2. The van der Waals surface area contributed by atoms with Gasteiger partial charge in [-0.2, -0.15) is 0 Å². The summed E-state index contributed by atoms with van der Waals surface area (Å²) in [5.41, 5.74) is 6.27. The van der Waals surface area contributed by atoms with E-state index < -0.39 is 17.4 Å². The number of rotatable bonds is 3. The summed E-state index contributed by atoms with van der Waals surface area (Å²) >= 11 is 0. The molecule has 0 amide bonds. The number of halogens is 2. The number of hydrogen-bond acceptors (Lipinski definition) is 3. The molecule has 1 aromatic carbocycles. The number of aromatic nitrogens is 1. The van der Waals surface area contributed by atoms with Crippen LogP contribution in [-0.4, -0.2) is 10.8 Å². The van der Waals surface area contributed by atoms with Gasteiger partial charge in [0.05, 0.1) is 5.56 Å². The standard InChI is InChI=1S/C13H10F2N2O/c14-9-1-2-11(15)10(6-9)13(18)5-8-7-17-4-3-12(8)16/h1-4,6-7H,5H2,(H2,16,17). The third-order valence-electron chi connectivity index (χ3n) is 2.52. The Morgan fingerprint density at radius 2 is 2.06 bits per heavy atom.